The average Bonchev–Trinajstić information content (AvgIpc) is 2.53. The minimum Gasteiger partial charge on any atom is -0.477 e. The van der Waals surface area contributed by atoms with Crippen LogP contribution < -0.4 is 0 Å². The van der Waals surface area contributed by atoms with E-state index >= 15 is 0 Å². The molecule has 1 aromatic heterocycles. The molecule has 1 aromatic rings. The number of unbranched alkanes of at least 4 members (excludes halogenated alkanes) is 1. The molecular formula is C10H11BrF3NO2. The van der Waals surface area contributed by atoms with Crippen molar-refractivity contribution in [3.05, 3.63) is 22.4 Å². The van der Waals surface area contributed by atoms with Gasteiger partial charge in [-0.3, -0.25) is 0 Å². The van der Waals surface area contributed by atoms with Crippen LogP contribution in [-0.4, -0.2) is 21.8 Å². The fourth-order valence-electron chi connectivity index (χ4n) is 1.45. The van der Waals surface area contributed by atoms with Gasteiger partial charge in [0, 0.05) is 23.6 Å². The summed E-state index contributed by atoms with van der Waals surface area (Å²) in [5, 5.41) is 8.84. The Morgan fingerprint density at radius 1 is 1.41 bits per heavy atom. The molecule has 1 heterocycles. The molecule has 0 atom stereocenters. The first-order valence-corrected chi connectivity index (χ1v) is 5.74. The van der Waals surface area contributed by atoms with E-state index in [2.05, 4.69) is 15.9 Å². The molecule has 96 valence electrons. The van der Waals surface area contributed by atoms with Crippen LogP contribution in [0.3, 0.4) is 0 Å². The van der Waals surface area contributed by atoms with Gasteiger partial charge in [-0.15, -0.1) is 0 Å². The summed E-state index contributed by atoms with van der Waals surface area (Å²) in [6.45, 7) is 0.267. The smallest absolute Gasteiger partial charge is 0.389 e. The predicted molar refractivity (Wildman–Crippen MR) is 59.0 cm³/mol. The normalized spacial score (nSPS) is 11.8. The van der Waals surface area contributed by atoms with Crippen LogP contribution in [0.4, 0.5) is 13.2 Å². The molecule has 0 unspecified atom stereocenters. The van der Waals surface area contributed by atoms with Crippen molar-refractivity contribution in [3.8, 4) is 0 Å². The highest BCUT2D eigenvalue weighted by atomic mass is 79.9. The van der Waals surface area contributed by atoms with E-state index in [9.17, 15) is 18.0 Å². The summed E-state index contributed by atoms with van der Waals surface area (Å²) in [4.78, 5) is 10.8. The van der Waals surface area contributed by atoms with E-state index in [0.29, 0.717) is 10.9 Å². The maximum Gasteiger partial charge on any atom is 0.389 e. The number of aromatic carboxylic acids is 1. The highest BCUT2D eigenvalue weighted by Crippen LogP contribution is 2.23. The number of carbonyl (C=O) groups is 1. The van der Waals surface area contributed by atoms with Crippen molar-refractivity contribution in [1.82, 2.24) is 4.57 Å². The molecule has 0 bridgehead atoms. The zero-order chi connectivity index (χ0) is 13.1. The predicted octanol–water partition coefficient (Wildman–Crippen LogP) is 3.68. The van der Waals surface area contributed by atoms with Gasteiger partial charge in [-0.2, -0.15) is 13.2 Å². The standard InChI is InChI=1S/C10H11BrF3NO2/c11-7-5-8(9(16)17)15(6-7)4-2-1-3-10(12,13)14/h5-6H,1-4H2,(H,16,17). The first kappa shape index (κ1) is 14.1. The molecule has 0 aliphatic rings. The van der Waals surface area contributed by atoms with Crippen molar-refractivity contribution >= 4 is 21.9 Å². The van der Waals surface area contributed by atoms with E-state index < -0.39 is 18.6 Å². The van der Waals surface area contributed by atoms with Gasteiger partial charge in [-0.1, -0.05) is 0 Å². The lowest BCUT2D eigenvalue weighted by molar-refractivity contribution is -0.135. The largest absolute Gasteiger partial charge is 0.477 e. The van der Waals surface area contributed by atoms with Gasteiger partial charge in [0.05, 0.1) is 0 Å². The maximum atomic E-state index is 11.9. The Labute approximate surface area is 104 Å². The molecule has 17 heavy (non-hydrogen) atoms. The third kappa shape index (κ3) is 4.80. The Hall–Kier alpha value is -0.980. The molecule has 0 saturated carbocycles. The summed E-state index contributed by atoms with van der Waals surface area (Å²) in [5.41, 5.74) is 0.0730. The van der Waals surface area contributed by atoms with Gasteiger partial charge in [0.1, 0.15) is 5.69 Å². The van der Waals surface area contributed by atoms with Gasteiger partial charge < -0.3 is 9.67 Å². The minimum atomic E-state index is -4.15. The third-order valence-electron chi connectivity index (χ3n) is 2.19. The molecule has 1 N–H and O–H groups in total. The number of carboxylic acid groups (broad SMARTS) is 1. The molecule has 0 amide bonds. The number of alkyl halides is 3. The lowest BCUT2D eigenvalue weighted by atomic mass is 10.2. The molecule has 0 aliphatic heterocycles. The molecule has 0 radical (unpaired) electrons. The first-order chi connectivity index (χ1) is 7.79. The second kappa shape index (κ2) is 5.57. The molecule has 3 nitrogen and oxygen atoms in total. The Bertz CT molecular complexity index is 401. The average molecular weight is 314 g/mol. The van der Waals surface area contributed by atoms with Crippen LogP contribution in [0.2, 0.25) is 0 Å². The zero-order valence-corrected chi connectivity index (χ0v) is 10.4. The van der Waals surface area contributed by atoms with Crippen molar-refractivity contribution < 1.29 is 23.1 Å². The number of nitrogens with zero attached hydrogens (tertiary/aromatic N) is 1. The fourth-order valence-corrected chi connectivity index (χ4v) is 1.91. The number of carboxylic acids is 1. The van der Waals surface area contributed by atoms with Crippen LogP contribution in [0.1, 0.15) is 29.8 Å². The van der Waals surface area contributed by atoms with Gasteiger partial charge >= 0.3 is 12.1 Å². The van der Waals surface area contributed by atoms with Gasteiger partial charge in [0.15, 0.2) is 0 Å². The Morgan fingerprint density at radius 3 is 2.59 bits per heavy atom. The molecule has 0 aromatic carbocycles. The van der Waals surface area contributed by atoms with E-state index in [-0.39, 0.29) is 18.7 Å². The van der Waals surface area contributed by atoms with E-state index in [0.717, 1.165) is 0 Å². The molecular weight excluding hydrogens is 303 g/mol. The lowest BCUT2D eigenvalue weighted by Gasteiger charge is -2.07. The van der Waals surface area contributed by atoms with E-state index in [4.69, 9.17) is 5.11 Å². The van der Waals surface area contributed by atoms with Gasteiger partial charge in [-0.05, 0) is 34.8 Å². The minimum absolute atomic E-state index is 0.00163. The van der Waals surface area contributed by atoms with Gasteiger partial charge in [-0.25, -0.2) is 4.79 Å². The Balaban J connectivity index is 2.49. The van der Waals surface area contributed by atoms with Crippen molar-refractivity contribution in [2.45, 2.75) is 32.0 Å². The number of aryl methyl sites for hydroxylation is 1. The maximum absolute atomic E-state index is 11.9. The van der Waals surface area contributed by atoms with Crippen LogP contribution in [0.5, 0.6) is 0 Å². The summed E-state index contributed by atoms with van der Waals surface area (Å²) in [6.07, 6.45) is -3.14. The summed E-state index contributed by atoms with van der Waals surface area (Å²) >= 11 is 3.13. The van der Waals surface area contributed by atoms with Crippen molar-refractivity contribution in [2.24, 2.45) is 0 Å². The summed E-state index contributed by atoms with van der Waals surface area (Å²) in [5.74, 6) is -1.09. The Kier molecular flexibility index (Phi) is 4.62. The lowest BCUT2D eigenvalue weighted by Crippen LogP contribution is -2.10. The highest BCUT2D eigenvalue weighted by Gasteiger charge is 2.25. The van der Waals surface area contributed by atoms with Crippen LogP contribution >= 0.6 is 15.9 Å². The summed E-state index contributed by atoms with van der Waals surface area (Å²) < 4.78 is 37.7. The highest BCUT2D eigenvalue weighted by molar-refractivity contribution is 9.10. The van der Waals surface area contributed by atoms with E-state index in [1.165, 1.54) is 10.6 Å². The van der Waals surface area contributed by atoms with Gasteiger partial charge in [0.2, 0.25) is 0 Å². The Morgan fingerprint density at radius 2 is 2.06 bits per heavy atom. The zero-order valence-electron chi connectivity index (χ0n) is 8.80. The monoisotopic (exact) mass is 313 g/mol. The van der Waals surface area contributed by atoms with Crippen molar-refractivity contribution in [1.29, 1.82) is 0 Å². The van der Waals surface area contributed by atoms with E-state index in [1.807, 2.05) is 0 Å². The van der Waals surface area contributed by atoms with Crippen LogP contribution in [0, 0.1) is 0 Å². The molecule has 0 aliphatic carbocycles. The molecule has 7 heteroatoms. The first-order valence-electron chi connectivity index (χ1n) is 4.95. The van der Waals surface area contributed by atoms with Crippen molar-refractivity contribution in [2.75, 3.05) is 0 Å². The second-order valence-electron chi connectivity index (χ2n) is 3.61. The topological polar surface area (TPSA) is 42.2 Å². The van der Waals surface area contributed by atoms with Crippen LogP contribution in [-0.2, 0) is 6.54 Å². The quantitative estimate of drug-likeness (QED) is 0.843. The third-order valence-corrected chi connectivity index (χ3v) is 2.63. The number of hydrogen-bond acceptors (Lipinski definition) is 1. The fraction of sp³-hybridized carbons (Fsp3) is 0.500. The van der Waals surface area contributed by atoms with Crippen LogP contribution in [0.25, 0.3) is 0 Å². The number of aromatic nitrogens is 1. The van der Waals surface area contributed by atoms with Crippen molar-refractivity contribution in [3.63, 3.8) is 0 Å². The van der Waals surface area contributed by atoms with Crippen LogP contribution in [0.15, 0.2) is 16.7 Å². The summed E-state index contributed by atoms with van der Waals surface area (Å²) in [7, 11) is 0. The molecule has 1 rings (SSSR count). The van der Waals surface area contributed by atoms with Gasteiger partial charge in [0.25, 0.3) is 0 Å². The SMILES string of the molecule is O=C(O)c1cc(Br)cn1CCCCC(F)(F)F. The number of hydrogen-bond donors (Lipinski definition) is 1. The number of halogens is 4. The molecule has 0 saturated heterocycles. The second-order valence-corrected chi connectivity index (χ2v) is 4.53. The molecule has 0 spiro atoms. The van der Waals surface area contributed by atoms with E-state index in [1.54, 1.807) is 6.20 Å². The number of rotatable bonds is 5. The summed E-state index contributed by atoms with van der Waals surface area (Å²) in [6, 6.07) is 1.42. The molecule has 0 fully saturated rings.